The molecule has 1 saturated heterocycles. The van der Waals surface area contributed by atoms with E-state index >= 15 is 0 Å². The highest BCUT2D eigenvalue weighted by atomic mass is 35.5. The predicted octanol–water partition coefficient (Wildman–Crippen LogP) is 1.86. The van der Waals surface area contributed by atoms with Crippen LogP contribution in [0.15, 0.2) is 24.3 Å². The van der Waals surface area contributed by atoms with Crippen LogP contribution >= 0.6 is 11.6 Å². The quantitative estimate of drug-likeness (QED) is 0.911. The zero-order valence-electron chi connectivity index (χ0n) is 9.52. The maximum Gasteiger partial charge on any atom is 0.154 e. The van der Waals surface area contributed by atoms with Crippen molar-refractivity contribution < 1.29 is 8.42 Å². The summed E-state index contributed by atoms with van der Waals surface area (Å²) in [7, 11) is -3.01. The molecule has 1 heterocycles. The van der Waals surface area contributed by atoms with Crippen molar-refractivity contribution in [1.82, 2.24) is 5.32 Å². The molecule has 0 amide bonds. The van der Waals surface area contributed by atoms with Crippen LogP contribution in [0.25, 0.3) is 0 Å². The van der Waals surface area contributed by atoms with Crippen molar-refractivity contribution in [3.63, 3.8) is 0 Å². The van der Waals surface area contributed by atoms with Crippen LogP contribution in [0.3, 0.4) is 0 Å². The lowest BCUT2D eigenvalue weighted by atomic mass is 10.2. The summed E-state index contributed by atoms with van der Waals surface area (Å²) in [6, 6.07) is 6.99. The molecule has 0 saturated carbocycles. The fraction of sp³-hybridized carbons (Fsp3) is 0.500. The van der Waals surface area contributed by atoms with E-state index in [1.165, 1.54) is 0 Å². The Labute approximate surface area is 107 Å². The van der Waals surface area contributed by atoms with Gasteiger partial charge in [-0.2, -0.15) is 0 Å². The molecule has 1 atom stereocenters. The third-order valence-electron chi connectivity index (χ3n) is 2.95. The molecule has 0 aromatic heterocycles. The molecule has 0 radical (unpaired) electrons. The van der Waals surface area contributed by atoms with E-state index < -0.39 is 9.84 Å². The topological polar surface area (TPSA) is 46.2 Å². The van der Waals surface area contributed by atoms with E-state index in [1.54, 1.807) is 24.3 Å². The van der Waals surface area contributed by atoms with Crippen molar-refractivity contribution in [3.05, 3.63) is 34.9 Å². The SMILES string of the molecule is O=S(=O)(Cc1ccc(Cl)cc1)CC1CCNC1. The Bertz CT molecular complexity index is 464. The first-order valence-corrected chi connectivity index (χ1v) is 7.91. The Kier molecular flexibility index (Phi) is 4.07. The summed E-state index contributed by atoms with van der Waals surface area (Å²) in [6.07, 6.45) is 0.958. The van der Waals surface area contributed by atoms with Gasteiger partial charge in [-0.05, 0) is 43.1 Å². The molecule has 1 N–H and O–H groups in total. The minimum absolute atomic E-state index is 0.112. The van der Waals surface area contributed by atoms with Crippen LogP contribution in [0.5, 0.6) is 0 Å². The first kappa shape index (κ1) is 12.9. The van der Waals surface area contributed by atoms with Gasteiger partial charge >= 0.3 is 0 Å². The van der Waals surface area contributed by atoms with Crippen molar-refractivity contribution in [2.24, 2.45) is 5.92 Å². The van der Waals surface area contributed by atoms with Crippen LogP contribution in [0, 0.1) is 5.92 Å². The minimum Gasteiger partial charge on any atom is -0.316 e. The zero-order chi connectivity index (χ0) is 12.3. The summed E-state index contributed by atoms with van der Waals surface area (Å²) >= 11 is 5.76. The molecular weight excluding hydrogens is 258 g/mol. The molecule has 94 valence electrons. The van der Waals surface area contributed by atoms with Crippen LogP contribution in [0.2, 0.25) is 5.02 Å². The summed E-state index contributed by atoms with van der Waals surface area (Å²) < 4.78 is 24.0. The largest absolute Gasteiger partial charge is 0.316 e. The van der Waals surface area contributed by atoms with Gasteiger partial charge in [0.15, 0.2) is 9.84 Å². The fourth-order valence-electron chi connectivity index (χ4n) is 2.11. The lowest BCUT2D eigenvalue weighted by molar-refractivity contribution is 0.570. The van der Waals surface area contributed by atoms with E-state index in [2.05, 4.69) is 5.32 Å². The van der Waals surface area contributed by atoms with Crippen molar-refractivity contribution in [1.29, 1.82) is 0 Å². The van der Waals surface area contributed by atoms with Gasteiger partial charge in [0.25, 0.3) is 0 Å². The monoisotopic (exact) mass is 273 g/mol. The van der Waals surface area contributed by atoms with Gasteiger partial charge in [-0.1, -0.05) is 23.7 Å². The second kappa shape index (κ2) is 5.38. The van der Waals surface area contributed by atoms with Crippen LogP contribution in [0.4, 0.5) is 0 Å². The average molecular weight is 274 g/mol. The third kappa shape index (κ3) is 3.98. The van der Waals surface area contributed by atoms with Crippen molar-refractivity contribution in [2.45, 2.75) is 12.2 Å². The van der Waals surface area contributed by atoms with Gasteiger partial charge in [-0.15, -0.1) is 0 Å². The zero-order valence-corrected chi connectivity index (χ0v) is 11.1. The summed E-state index contributed by atoms with van der Waals surface area (Å²) in [5.74, 6) is 0.663. The number of rotatable bonds is 4. The van der Waals surface area contributed by atoms with Gasteiger partial charge in [0.1, 0.15) is 0 Å². The molecule has 0 aliphatic carbocycles. The lowest BCUT2D eigenvalue weighted by Gasteiger charge is -2.09. The average Bonchev–Trinajstić information content (AvgIpc) is 2.73. The second-order valence-corrected chi connectivity index (χ2v) is 7.09. The normalized spacial score (nSPS) is 20.6. The third-order valence-corrected chi connectivity index (χ3v) is 4.96. The van der Waals surface area contributed by atoms with Crippen LogP contribution in [-0.4, -0.2) is 27.3 Å². The molecule has 0 spiro atoms. The first-order chi connectivity index (χ1) is 8.05. The van der Waals surface area contributed by atoms with E-state index in [-0.39, 0.29) is 17.4 Å². The highest BCUT2D eigenvalue weighted by molar-refractivity contribution is 7.90. The number of hydrogen-bond donors (Lipinski definition) is 1. The van der Waals surface area contributed by atoms with Crippen LogP contribution in [-0.2, 0) is 15.6 Å². The molecule has 5 heteroatoms. The maximum atomic E-state index is 12.0. The number of sulfone groups is 1. The van der Waals surface area contributed by atoms with Gasteiger partial charge in [0.2, 0.25) is 0 Å². The molecule has 1 aromatic carbocycles. The lowest BCUT2D eigenvalue weighted by Crippen LogP contribution is -2.20. The molecule has 17 heavy (non-hydrogen) atoms. The van der Waals surface area contributed by atoms with Gasteiger partial charge in [-0.25, -0.2) is 8.42 Å². The van der Waals surface area contributed by atoms with Crippen LogP contribution < -0.4 is 5.32 Å². The van der Waals surface area contributed by atoms with Gasteiger partial charge < -0.3 is 5.32 Å². The molecule has 0 bridgehead atoms. The molecular formula is C12H16ClNO2S. The van der Waals surface area contributed by atoms with Gasteiger partial charge in [0.05, 0.1) is 11.5 Å². The molecule has 3 nitrogen and oxygen atoms in total. The molecule has 1 aromatic rings. The summed E-state index contributed by atoms with van der Waals surface area (Å²) in [6.45, 7) is 1.75. The Hall–Kier alpha value is -0.580. The standard InChI is InChI=1S/C12H16ClNO2S/c13-12-3-1-10(2-4-12)8-17(15,16)9-11-5-6-14-7-11/h1-4,11,14H,5-9H2. The molecule has 1 fully saturated rings. The number of halogens is 1. The summed E-state index contributed by atoms with van der Waals surface area (Å²) in [5.41, 5.74) is 0.806. The molecule has 2 rings (SSSR count). The van der Waals surface area contributed by atoms with E-state index in [0.29, 0.717) is 5.02 Å². The van der Waals surface area contributed by atoms with Gasteiger partial charge in [0, 0.05) is 5.02 Å². The number of nitrogens with one attached hydrogen (secondary N) is 1. The van der Waals surface area contributed by atoms with E-state index in [1.807, 2.05) is 0 Å². The Morgan fingerprint density at radius 3 is 2.59 bits per heavy atom. The highest BCUT2D eigenvalue weighted by Crippen LogP contribution is 2.16. The second-order valence-electron chi connectivity index (χ2n) is 4.54. The number of benzene rings is 1. The van der Waals surface area contributed by atoms with E-state index in [9.17, 15) is 8.42 Å². The Balaban J connectivity index is 1.98. The van der Waals surface area contributed by atoms with Gasteiger partial charge in [-0.3, -0.25) is 0 Å². The molecule has 1 unspecified atom stereocenters. The predicted molar refractivity (Wildman–Crippen MR) is 69.9 cm³/mol. The minimum atomic E-state index is -3.01. The molecule has 1 aliphatic heterocycles. The Morgan fingerprint density at radius 1 is 1.29 bits per heavy atom. The smallest absolute Gasteiger partial charge is 0.154 e. The Morgan fingerprint density at radius 2 is 2.00 bits per heavy atom. The van der Waals surface area contributed by atoms with E-state index in [0.717, 1.165) is 25.1 Å². The summed E-state index contributed by atoms with van der Waals surface area (Å²) in [4.78, 5) is 0. The van der Waals surface area contributed by atoms with Crippen molar-refractivity contribution >= 4 is 21.4 Å². The van der Waals surface area contributed by atoms with E-state index in [4.69, 9.17) is 11.6 Å². The number of hydrogen-bond acceptors (Lipinski definition) is 3. The molecule has 1 aliphatic rings. The highest BCUT2D eigenvalue weighted by Gasteiger charge is 2.22. The van der Waals surface area contributed by atoms with Crippen molar-refractivity contribution in [2.75, 3.05) is 18.8 Å². The van der Waals surface area contributed by atoms with Crippen molar-refractivity contribution in [3.8, 4) is 0 Å². The fourth-order valence-corrected chi connectivity index (χ4v) is 4.06. The van der Waals surface area contributed by atoms with Crippen LogP contribution in [0.1, 0.15) is 12.0 Å². The first-order valence-electron chi connectivity index (χ1n) is 5.71. The maximum absolute atomic E-state index is 12.0. The summed E-state index contributed by atoms with van der Waals surface area (Å²) in [5, 5.41) is 3.82.